The van der Waals surface area contributed by atoms with Crippen LogP contribution in [0.25, 0.3) is 0 Å². The largest absolute Gasteiger partial charge is 0.469 e. The summed E-state index contributed by atoms with van der Waals surface area (Å²) in [6.45, 7) is 3.92. The van der Waals surface area contributed by atoms with E-state index < -0.39 is 0 Å². The highest BCUT2D eigenvalue weighted by Gasteiger charge is 2.25. The summed E-state index contributed by atoms with van der Waals surface area (Å²) in [5.41, 5.74) is 0. The third-order valence-corrected chi connectivity index (χ3v) is 2.32. The first-order valence-corrected chi connectivity index (χ1v) is 4.39. The molecule has 1 N–H and O–H groups in total. The Morgan fingerprint density at radius 1 is 1.42 bits per heavy atom. The van der Waals surface area contributed by atoms with E-state index in [0.29, 0.717) is 0 Å². The summed E-state index contributed by atoms with van der Waals surface area (Å²) in [5, 5.41) is 8.96. The molecule has 3 nitrogen and oxygen atoms in total. The number of methoxy groups -OCH3 is 1. The molecule has 0 saturated heterocycles. The highest BCUT2D eigenvalue weighted by Crippen LogP contribution is 2.20. The molecule has 0 bridgehead atoms. The van der Waals surface area contributed by atoms with Crippen molar-refractivity contribution in [3.05, 3.63) is 0 Å². The van der Waals surface area contributed by atoms with Crippen molar-refractivity contribution >= 4 is 5.97 Å². The van der Waals surface area contributed by atoms with E-state index in [9.17, 15) is 4.79 Å². The molecule has 0 aromatic carbocycles. The van der Waals surface area contributed by atoms with Gasteiger partial charge in [-0.25, -0.2) is 0 Å². The van der Waals surface area contributed by atoms with Crippen molar-refractivity contribution in [3.8, 4) is 0 Å². The van der Waals surface area contributed by atoms with Crippen LogP contribution in [0.1, 0.15) is 26.7 Å². The maximum Gasteiger partial charge on any atom is 0.311 e. The lowest BCUT2D eigenvalue weighted by molar-refractivity contribution is -0.149. The number of ether oxygens (including phenoxy) is 1. The second kappa shape index (κ2) is 6.00. The smallest absolute Gasteiger partial charge is 0.311 e. The van der Waals surface area contributed by atoms with Gasteiger partial charge in [-0.1, -0.05) is 26.7 Å². The summed E-state index contributed by atoms with van der Waals surface area (Å²) in [6.07, 6.45) is 1.80. The Bertz CT molecular complexity index is 130. The number of aliphatic hydroxyl groups excluding tert-OH is 1. The zero-order chi connectivity index (χ0) is 9.56. The van der Waals surface area contributed by atoms with Gasteiger partial charge in [-0.15, -0.1) is 0 Å². The van der Waals surface area contributed by atoms with Crippen LogP contribution in [-0.2, 0) is 9.53 Å². The molecule has 1 unspecified atom stereocenters. The van der Waals surface area contributed by atoms with E-state index in [4.69, 9.17) is 5.11 Å². The van der Waals surface area contributed by atoms with E-state index in [1.54, 1.807) is 0 Å². The first-order chi connectivity index (χ1) is 5.71. The molecule has 3 heteroatoms. The number of hydrogen-bond acceptors (Lipinski definition) is 3. The lowest BCUT2D eigenvalue weighted by Crippen LogP contribution is -2.27. The van der Waals surface area contributed by atoms with Crippen LogP contribution in [0.5, 0.6) is 0 Å². The average molecular weight is 174 g/mol. The van der Waals surface area contributed by atoms with Crippen LogP contribution in [0.2, 0.25) is 0 Å². The van der Waals surface area contributed by atoms with Gasteiger partial charge in [0.25, 0.3) is 0 Å². The van der Waals surface area contributed by atoms with Crippen molar-refractivity contribution in [1.29, 1.82) is 0 Å². The highest BCUT2D eigenvalue weighted by atomic mass is 16.5. The van der Waals surface area contributed by atoms with Crippen LogP contribution in [0, 0.1) is 11.8 Å². The normalized spacial score (nSPS) is 13.1. The first kappa shape index (κ1) is 11.4. The Hall–Kier alpha value is -0.570. The molecular weight excluding hydrogens is 156 g/mol. The van der Waals surface area contributed by atoms with E-state index in [-0.39, 0.29) is 24.4 Å². The Morgan fingerprint density at radius 3 is 2.17 bits per heavy atom. The van der Waals surface area contributed by atoms with Gasteiger partial charge in [-0.05, 0) is 5.92 Å². The number of hydrogen-bond donors (Lipinski definition) is 1. The van der Waals surface area contributed by atoms with E-state index in [2.05, 4.69) is 4.74 Å². The predicted octanol–water partition coefficient (Wildman–Crippen LogP) is 1.20. The molecule has 0 amide bonds. The minimum atomic E-state index is -0.343. The Labute approximate surface area is 73.7 Å². The van der Waals surface area contributed by atoms with Crippen LogP contribution in [0.3, 0.4) is 0 Å². The lowest BCUT2D eigenvalue weighted by atomic mass is 9.88. The van der Waals surface area contributed by atoms with Crippen molar-refractivity contribution in [1.82, 2.24) is 0 Å². The fourth-order valence-corrected chi connectivity index (χ4v) is 1.43. The van der Waals surface area contributed by atoms with Crippen molar-refractivity contribution in [2.75, 3.05) is 13.7 Å². The molecule has 72 valence electrons. The third kappa shape index (κ3) is 2.81. The summed E-state index contributed by atoms with van der Waals surface area (Å²) >= 11 is 0. The fraction of sp³-hybridized carbons (Fsp3) is 0.889. The minimum Gasteiger partial charge on any atom is -0.469 e. The van der Waals surface area contributed by atoms with Crippen molar-refractivity contribution in [2.24, 2.45) is 11.8 Å². The second-order valence-corrected chi connectivity index (χ2v) is 2.89. The van der Waals surface area contributed by atoms with Gasteiger partial charge in [-0.2, -0.15) is 0 Å². The molecular formula is C9H18O3. The third-order valence-electron chi connectivity index (χ3n) is 2.32. The molecule has 0 spiro atoms. The van der Waals surface area contributed by atoms with E-state index >= 15 is 0 Å². The van der Waals surface area contributed by atoms with Crippen LogP contribution >= 0.6 is 0 Å². The lowest BCUT2D eigenvalue weighted by Gasteiger charge is -2.20. The molecule has 0 aliphatic rings. The summed E-state index contributed by atoms with van der Waals surface area (Å²) in [4.78, 5) is 11.1. The molecule has 0 aromatic rings. The van der Waals surface area contributed by atoms with Gasteiger partial charge in [0.1, 0.15) is 0 Å². The number of carbonyl (C=O) groups is 1. The summed E-state index contributed by atoms with van der Waals surface area (Å²) in [7, 11) is 1.35. The zero-order valence-corrected chi connectivity index (χ0v) is 8.04. The van der Waals surface area contributed by atoms with Gasteiger partial charge in [0.05, 0.1) is 19.6 Å². The van der Waals surface area contributed by atoms with Crippen molar-refractivity contribution < 1.29 is 14.6 Å². The average Bonchev–Trinajstić information content (AvgIpc) is 2.12. The molecule has 1 atom stereocenters. The van der Waals surface area contributed by atoms with Gasteiger partial charge in [-0.3, -0.25) is 4.79 Å². The quantitative estimate of drug-likeness (QED) is 0.637. The molecule has 0 radical (unpaired) electrons. The van der Waals surface area contributed by atoms with E-state index in [1.807, 2.05) is 13.8 Å². The van der Waals surface area contributed by atoms with E-state index in [0.717, 1.165) is 12.8 Å². The van der Waals surface area contributed by atoms with Crippen LogP contribution in [0.4, 0.5) is 0 Å². The number of rotatable bonds is 5. The van der Waals surface area contributed by atoms with Crippen LogP contribution in [0.15, 0.2) is 0 Å². The molecule has 0 saturated carbocycles. The molecule has 0 aliphatic carbocycles. The van der Waals surface area contributed by atoms with Crippen LogP contribution < -0.4 is 0 Å². The Balaban J connectivity index is 4.19. The summed E-state index contributed by atoms with van der Waals surface area (Å²) in [5.74, 6) is -0.404. The van der Waals surface area contributed by atoms with Gasteiger partial charge in [0.2, 0.25) is 0 Å². The maximum absolute atomic E-state index is 11.1. The molecule has 0 aromatic heterocycles. The summed E-state index contributed by atoms with van der Waals surface area (Å²) in [6, 6.07) is 0. The Morgan fingerprint density at radius 2 is 1.92 bits per heavy atom. The van der Waals surface area contributed by atoms with Gasteiger partial charge in [0, 0.05) is 0 Å². The van der Waals surface area contributed by atoms with Crippen LogP contribution in [-0.4, -0.2) is 24.8 Å². The predicted molar refractivity (Wildman–Crippen MR) is 46.7 cm³/mol. The molecule has 0 aliphatic heterocycles. The van der Waals surface area contributed by atoms with E-state index in [1.165, 1.54) is 7.11 Å². The van der Waals surface area contributed by atoms with Gasteiger partial charge >= 0.3 is 5.97 Å². The number of aliphatic hydroxyl groups is 1. The SMILES string of the molecule is CCC(CC)C(CO)C(=O)OC. The molecule has 12 heavy (non-hydrogen) atoms. The number of esters is 1. The topological polar surface area (TPSA) is 46.5 Å². The monoisotopic (exact) mass is 174 g/mol. The molecule has 0 heterocycles. The van der Waals surface area contributed by atoms with Gasteiger partial charge in [0.15, 0.2) is 0 Å². The minimum absolute atomic E-state index is 0.112. The highest BCUT2D eigenvalue weighted by molar-refractivity contribution is 5.72. The van der Waals surface area contributed by atoms with Gasteiger partial charge < -0.3 is 9.84 Å². The zero-order valence-electron chi connectivity index (χ0n) is 8.04. The Kier molecular flexibility index (Phi) is 5.72. The molecule has 0 fully saturated rings. The molecule has 0 rings (SSSR count). The van der Waals surface area contributed by atoms with Crippen molar-refractivity contribution in [3.63, 3.8) is 0 Å². The maximum atomic E-state index is 11.1. The first-order valence-electron chi connectivity index (χ1n) is 4.39. The second-order valence-electron chi connectivity index (χ2n) is 2.89. The number of carbonyl (C=O) groups excluding carboxylic acids is 1. The standard InChI is InChI=1S/C9H18O3/c1-4-7(5-2)8(6-10)9(11)12-3/h7-8,10H,4-6H2,1-3H3. The fourth-order valence-electron chi connectivity index (χ4n) is 1.43. The van der Waals surface area contributed by atoms with Crippen molar-refractivity contribution in [2.45, 2.75) is 26.7 Å². The summed E-state index contributed by atoms with van der Waals surface area (Å²) < 4.78 is 4.59.